The average Bonchev–Trinajstić information content (AvgIpc) is 2.76. The lowest BCUT2D eigenvalue weighted by Crippen LogP contribution is -2.34. The third kappa shape index (κ3) is 1.98. The van der Waals surface area contributed by atoms with Crippen molar-refractivity contribution < 1.29 is 0 Å². The van der Waals surface area contributed by atoms with E-state index in [0.29, 0.717) is 5.92 Å². The molecule has 17 heavy (non-hydrogen) atoms. The fourth-order valence-corrected chi connectivity index (χ4v) is 3.39. The first-order chi connectivity index (χ1) is 8.33. The Morgan fingerprint density at radius 2 is 2.24 bits per heavy atom. The van der Waals surface area contributed by atoms with Gasteiger partial charge < -0.3 is 0 Å². The van der Waals surface area contributed by atoms with Crippen LogP contribution in [0.3, 0.4) is 0 Å². The molecule has 0 saturated heterocycles. The van der Waals surface area contributed by atoms with Gasteiger partial charge in [-0.1, -0.05) is 12.1 Å². The Morgan fingerprint density at radius 3 is 2.88 bits per heavy atom. The highest BCUT2D eigenvalue weighted by Crippen LogP contribution is 2.56. The van der Waals surface area contributed by atoms with E-state index in [1.165, 1.54) is 19.3 Å². The molecule has 2 aliphatic rings. The minimum Gasteiger partial charge on any atom is -0.271 e. The maximum atomic E-state index is 5.75. The SMILES string of the molecule is CCCn1nncc1C(NN)C1CC2CC2C1. The van der Waals surface area contributed by atoms with E-state index in [4.69, 9.17) is 5.84 Å². The van der Waals surface area contributed by atoms with Gasteiger partial charge in [0.05, 0.1) is 17.9 Å². The summed E-state index contributed by atoms with van der Waals surface area (Å²) in [6.45, 7) is 3.08. The molecule has 3 N–H and O–H groups in total. The highest BCUT2D eigenvalue weighted by Gasteiger charge is 2.48. The van der Waals surface area contributed by atoms with Gasteiger partial charge in [-0.2, -0.15) is 0 Å². The van der Waals surface area contributed by atoms with Crippen molar-refractivity contribution in [2.75, 3.05) is 0 Å². The third-order valence-corrected chi connectivity index (χ3v) is 4.33. The molecule has 3 rings (SSSR count). The van der Waals surface area contributed by atoms with Gasteiger partial charge in [-0.15, -0.1) is 5.10 Å². The molecule has 0 spiro atoms. The van der Waals surface area contributed by atoms with Crippen LogP contribution in [0.5, 0.6) is 0 Å². The Morgan fingerprint density at radius 1 is 1.47 bits per heavy atom. The van der Waals surface area contributed by atoms with E-state index in [1.54, 1.807) is 0 Å². The monoisotopic (exact) mass is 235 g/mol. The Balaban J connectivity index is 1.76. The van der Waals surface area contributed by atoms with Crippen LogP contribution in [0.4, 0.5) is 0 Å². The van der Waals surface area contributed by atoms with Crippen molar-refractivity contribution in [3.05, 3.63) is 11.9 Å². The van der Waals surface area contributed by atoms with Crippen LogP contribution in [0, 0.1) is 17.8 Å². The van der Waals surface area contributed by atoms with Crippen LogP contribution in [-0.4, -0.2) is 15.0 Å². The molecule has 0 radical (unpaired) electrons. The number of nitrogens with zero attached hydrogens (tertiary/aromatic N) is 3. The lowest BCUT2D eigenvalue weighted by Gasteiger charge is -2.24. The molecule has 3 atom stereocenters. The first kappa shape index (κ1) is 11.2. The predicted octanol–water partition coefficient (Wildman–Crippen LogP) is 1.24. The average molecular weight is 235 g/mol. The van der Waals surface area contributed by atoms with Gasteiger partial charge in [0.2, 0.25) is 0 Å². The zero-order valence-corrected chi connectivity index (χ0v) is 10.3. The number of aromatic nitrogens is 3. The number of rotatable bonds is 5. The Kier molecular flexibility index (Phi) is 2.88. The number of hydrogen-bond donors (Lipinski definition) is 2. The fraction of sp³-hybridized carbons (Fsp3) is 0.833. The molecule has 5 heteroatoms. The van der Waals surface area contributed by atoms with Gasteiger partial charge in [0.25, 0.3) is 0 Å². The summed E-state index contributed by atoms with van der Waals surface area (Å²) in [5.74, 6) is 8.37. The van der Waals surface area contributed by atoms with E-state index >= 15 is 0 Å². The topological polar surface area (TPSA) is 68.8 Å². The number of aryl methyl sites for hydroxylation is 1. The molecule has 2 fully saturated rings. The molecule has 0 bridgehead atoms. The van der Waals surface area contributed by atoms with Crippen LogP contribution in [-0.2, 0) is 6.54 Å². The van der Waals surface area contributed by atoms with Crippen molar-refractivity contribution in [2.24, 2.45) is 23.6 Å². The number of fused-ring (bicyclic) bond motifs is 1. The van der Waals surface area contributed by atoms with E-state index in [0.717, 1.165) is 30.5 Å². The highest BCUT2D eigenvalue weighted by molar-refractivity contribution is 5.09. The summed E-state index contributed by atoms with van der Waals surface area (Å²) in [6.07, 6.45) is 7.02. The molecular weight excluding hydrogens is 214 g/mol. The third-order valence-electron chi connectivity index (χ3n) is 4.33. The first-order valence-electron chi connectivity index (χ1n) is 6.68. The van der Waals surface area contributed by atoms with Gasteiger partial charge in [0.1, 0.15) is 0 Å². The predicted molar refractivity (Wildman–Crippen MR) is 64.7 cm³/mol. The molecule has 1 aromatic rings. The zero-order chi connectivity index (χ0) is 11.8. The minimum absolute atomic E-state index is 0.226. The molecule has 2 saturated carbocycles. The standard InChI is InChI=1S/C12H21N5/c1-2-3-17-11(7-14-16-17)12(15-13)10-5-8-4-9(8)6-10/h7-10,12,15H,2-6,13H2,1H3. The summed E-state index contributed by atoms with van der Waals surface area (Å²) in [5.41, 5.74) is 4.14. The Bertz CT molecular complexity index is 378. The van der Waals surface area contributed by atoms with Gasteiger partial charge >= 0.3 is 0 Å². The molecule has 0 aliphatic heterocycles. The van der Waals surface area contributed by atoms with Crippen LogP contribution in [0.1, 0.15) is 44.3 Å². The van der Waals surface area contributed by atoms with Crippen molar-refractivity contribution in [3.63, 3.8) is 0 Å². The summed E-state index contributed by atoms with van der Waals surface area (Å²) in [5, 5.41) is 8.18. The smallest absolute Gasteiger partial charge is 0.0772 e. The molecule has 2 aliphatic carbocycles. The van der Waals surface area contributed by atoms with Gasteiger partial charge in [0.15, 0.2) is 0 Å². The number of hydrazine groups is 1. The van der Waals surface area contributed by atoms with Crippen LogP contribution < -0.4 is 11.3 Å². The van der Waals surface area contributed by atoms with Gasteiger partial charge in [-0.3, -0.25) is 11.3 Å². The van der Waals surface area contributed by atoms with Crippen molar-refractivity contribution in [3.8, 4) is 0 Å². The number of hydrogen-bond acceptors (Lipinski definition) is 4. The quantitative estimate of drug-likeness (QED) is 0.595. The van der Waals surface area contributed by atoms with Crippen LogP contribution in [0.2, 0.25) is 0 Å². The van der Waals surface area contributed by atoms with E-state index in [2.05, 4.69) is 22.7 Å². The highest BCUT2D eigenvalue weighted by atomic mass is 15.4. The normalized spacial score (nSPS) is 32.5. The van der Waals surface area contributed by atoms with Crippen molar-refractivity contribution in [1.82, 2.24) is 20.4 Å². The summed E-state index contributed by atoms with van der Waals surface area (Å²) in [6, 6.07) is 0.226. The lowest BCUT2D eigenvalue weighted by atomic mass is 9.93. The van der Waals surface area contributed by atoms with Crippen molar-refractivity contribution in [1.29, 1.82) is 0 Å². The van der Waals surface area contributed by atoms with Crippen molar-refractivity contribution >= 4 is 0 Å². The van der Waals surface area contributed by atoms with Gasteiger partial charge in [0, 0.05) is 6.54 Å². The lowest BCUT2D eigenvalue weighted by molar-refractivity contribution is 0.325. The summed E-state index contributed by atoms with van der Waals surface area (Å²) in [4.78, 5) is 0. The molecule has 0 aromatic carbocycles. The van der Waals surface area contributed by atoms with Gasteiger partial charge in [-0.25, -0.2) is 4.68 Å². The molecule has 1 heterocycles. The zero-order valence-electron chi connectivity index (χ0n) is 10.3. The second kappa shape index (κ2) is 4.38. The van der Waals surface area contributed by atoms with Gasteiger partial charge in [-0.05, 0) is 43.4 Å². The molecular formula is C12H21N5. The fourth-order valence-electron chi connectivity index (χ4n) is 3.39. The minimum atomic E-state index is 0.226. The second-order valence-corrected chi connectivity index (χ2v) is 5.51. The molecule has 94 valence electrons. The summed E-state index contributed by atoms with van der Waals surface area (Å²) < 4.78 is 1.99. The number of nitrogens with one attached hydrogen (secondary N) is 1. The first-order valence-corrected chi connectivity index (χ1v) is 6.68. The largest absolute Gasteiger partial charge is 0.271 e. The van der Waals surface area contributed by atoms with Crippen LogP contribution in [0.25, 0.3) is 0 Å². The molecule has 3 unspecified atom stereocenters. The van der Waals surface area contributed by atoms with Crippen LogP contribution in [0.15, 0.2) is 6.20 Å². The Labute approximate surface area is 102 Å². The van der Waals surface area contributed by atoms with Crippen LogP contribution >= 0.6 is 0 Å². The molecule has 1 aromatic heterocycles. The maximum absolute atomic E-state index is 5.75. The molecule has 5 nitrogen and oxygen atoms in total. The van der Waals surface area contributed by atoms with E-state index in [1.807, 2.05) is 10.9 Å². The number of nitrogens with two attached hydrogens (primary N) is 1. The van der Waals surface area contributed by atoms with E-state index in [-0.39, 0.29) is 6.04 Å². The maximum Gasteiger partial charge on any atom is 0.0772 e. The second-order valence-electron chi connectivity index (χ2n) is 5.51. The Hall–Kier alpha value is -0.940. The van der Waals surface area contributed by atoms with E-state index < -0.39 is 0 Å². The summed E-state index contributed by atoms with van der Waals surface area (Å²) in [7, 11) is 0. The van der Waals surface area contributed by atoms with E-state index in [9.17, 15) is 0 Å². The molecule has 0 amide bonds. The summed E-state index contributed by atoms with van der Waals surface area (Å²) >= 11 is 0. The van der Waals surface area contributed by atoms with Crippen molar-refractivity contribution in [2.45, 2.75) is 45.2 Å².